The average molecular weight is 392 g/mol. The van der Waals surface area contributed by atoms with Gasteiger partial charge in [-0.15, -0.1) is 22.9 Å². The lowest BCUT2D eigenvalue weighted by molar-refractivity contribution is 0.590. The van der Waals surface area contributed by atoms with Crippen molar-refractivity contribution in [2.45, 2.75) is 18.8 Å². The number of hydrogen-bond acceptors (Lipinski definition) is 2. The summed E-state index contributed by atoms with van der Waals surface area (Å²) in [5.74, 6) is -0.766. The summed E-state index contributed by atoms with van der Waals surface area (Å²) in [5, 5.41) is 1.56. The summed E-state index contributed by atoms with van der Waals surface area (Å²) in [6.07, 6.45) is 0. The van der Waals surface area contributed by atoms with Crippen molar-refractivity contribution in [2.24, 2.45) is 0 Å². The van der Waals surface area contributed by atoms with Crippen LogP contribution in [0.15, 0.2) is 28.1 Å². The number of thiophene rings is 1. The predicted molar refractivity (Wildman–Crippen MR) is 85.0 cm³/mol. The zero-order valence-corrected chi connectivity index (χ0v) is 14.1. The molecule has 0 aliphatic rings. The van der Waals surface area contributed by atoms with Crippen molar-refractivity contribution in [1.29, 1.82) is 0 Å². The van der Waals surface area contributed by atoms with E-state index in [1.54, 1.807) is 22.8 Å². The first kappa shape index (κ1) is 14.9. The number of nitrogens with zero attached hydrogens (tertiary/aromatic N) is 2. The molecular weight excluding hydrogens is 382 g/mol. The number of alkyl halides is 1. The molecule has 0 amide bonds. The van der Waals surface area contributed by atoms with Crippen molar-refractivity contribution >= 4 is 49.9 Å². The fourth-order valence-electron chi connectivity index (χ4n) is 2.23. The van der Waals surface area contributed by atoms with E-state index < -0.39 is 17.0 Å². The molecule has 2 aromatic heterocycles. The van der Waals surface area contributed by atoms with Gasteiger partial charge in [0.1, 0.15) is 17.2 Å². The third-order valence-corrected chi connectivity index (χ3v) is 4.97. The van der Waals surface area contributed by atoms with Crippen LogP contribution < -0.4 is 0 Å². The van der Waals surface area contributed by atoms with Gasteiger partial charge in [0.15, 0.2) is 5.82 Å². The fourth-order valence-corrected chi connectivity index (χ4v) is 3.84. The molecule has 1 atom stereocenters. The van der Waals surface area contributed by atoms with Gasteiger partial charge in [0.25, 0.3) is 0 Å². The highest BCUT2D eigenvalue weighted by Crippen LogP contribution is 2.29. The van der Waals surface area contributed by atoms with Gasteiger partial charge < -0.3 is 4.57 Å². The number of rotatable bonds is 3. The van der Waals surface area contributed by atoms with Crippen LogP contribution in [0.5, 0.6) is 0 Å². The van der Waals surface area contributed by atoms with Crippen LogP contribution >= 0.6 is 38.9 Å². The number of aromatic nitrogens is 2. The van der Waals surface area contributed by atoms with Gasteiger partial charge in [-0.1, -0.05) is 0 Å². The Bertz CT molecular complexity index is 813. The normalized spacial score (nSPS) is 13.0. The molecule has 0 radical (unpaired) electrons. The Hall–Kier alpha value is -0.980. The van der Waals surface area contributed by atoms with Crippen LogP contribution in [0, 0.1) is 11.6 Å². The monoisotopic (exact) mass is 390 g/mol. The zero-order chi connectivity index (χ0) is 15.1. The first-order valence-corrected chi connectivity index (χ1v) is 8.29. The van der Waals surface area contributed by atoms with Crippen molar-refractivity contribution in [3.05, 3.63) is 50.4 Å². The quantitative estimate of drug-likeness (QED) is 0.540. The first-order chi connectivity index (χ1) is 9.95. The molecule has 21 heavy (non-hydrogen) atoms. The molecule has 0 fully saturated rings. The molecule has 7 heteroatoms. The molecule has 0 bridgehead atoms. The Morgan fingerprint density at radius 3 is 2.76 bits per heavy atom. The van der Waals surface area contributed by atoms with E-state index in [0.29, 0.717) is 17.9 Å². The highest BCUT2D eigenvalue weighted by Gasteiger charge is 2.19. The Kier molecular flexibility index (Phi) is 4.03. The van der Waals surface area contributed by atoms with Gasteiger partial charge in [-0.2, -0.15) is 0 Å². The molecule has 0 aliphatic heterocycles. The summed E-state index contributed by atoms with van der Waals surface area (Å²) in [6.45, 7) is 2.24. The maximum absolute atomic E-state index is 13.9. The second kappa shape index (κ2) is 5.66. The molecule has 110 valence electrons. The minimum absolute atomic E-state index is 0.148. The zero-order valence-electron chi connectivity index (χ0n) is 10.9. The second-order valence-corrected chi connectivity index (χ2v) is 7.22. The molecule has 3 rings (SSSR count). The van der Waals surface area contributed by atoms with Crippen LogP contribution in [0.2, 0.25) is 0 Å². The summed E-state index contributed by atoms with van der Waals surface area (Å²) < 4.78 is 30.1. The van der Waals surface area contributed by atoms with Crippen LogP contribution in [-0.2, 0) is 6.54 Å². The summed E-state index contributed by atoms with van der Waals surface area (Å²) in [5.41, 5.74) is 0.564. The van der Waals surface area contributed by atoms with E-state index in [1.807, 2.05) is 11.4 Å². The Balaban J connectivity index is 2.20. The van der Waals surface area contributed by atoms with Crippen LogP contribution in [0.4, 0.5) is 8.78 Å². The maximum Gasteiger partial charge on any atom is 0.153 e. The minimum atomic E-state index is -0.672. The van der Waals surface area contributed by atoms with Crippen LogP contribution in [0.25, 0.3) is 11.0 Å². The molecular formula is C14H10BrClF2N2S. The van der Waals surface area contributed by atoms with Crippen molar-refractivity contribution in [2.75, 3.05) is 0 Å². The van der Waals surface area contributed by atoms with Gasteiger partial charge in [-0.3, -0.25) is 0 Å². The lowest BCUT2D eigenvalue weighted by Gasteiger charge is -2.09. The van der Waals surface area contributed by atoms with Crippen molar-refractivity contribution in [3.63, 3.8) is 0 Å². The molecule has 0 aliphatic carbocycles. The lowest BCUT2D eigenvalue weighted by Crippen LogP contribution is -2.04. The third-order valence-electron chi connectivity index (χ3n) is 3.09. The Morgan fingerprint density at radius 1 is 1.38 bits per heavy atom. The first-order valence-electron chi connectivity index (χ1n) is 6.18. The van der Waals surface area contributed by atoms with Gasteiger partial charge in [-0.25, -0.2) is 13.8 Å². The van der Waals surface area contributed by atoms with Gasteiger partial charge in [0.05, 0.1) is 17.4 Å². The molecule has 0 N–H and O–H groups in total. The van der Waals surface area contributed by atoms with Crippen LogP contribution in [0.3, 0.4) is 0 Å². The number of halogens is 4. The third kappa shape index (κ3) is 2.84. The topological polar surface area (TPSA) is 17.8 Å². The van der Waals surface area contributed by atoms with E-state index in [-0.39, 0.29) is 5.52 Å². The SMILES string of the molecule is CC(Cl)c1nc2c(F)cc(F)cc2n1Cc1cc(Br)cs1. The van der Waals surface area contributed by atoms with E-state index in [4.69, 9.17) is 11.6 Å². The smallest absolute Gasteiger partial charge is 0.153 e. The van der Waals surface area contributed by atoms with Gasteiger partial charge >= 0.3 is 0 Å². The Morgan fingerprint density at radius 2 is 2.14 bits per heavy atom. The molecule has 3 aromatic rings. The molecule has 2 nitrogen and oxygen atoms in total. The van der Waals surface area contributed by atoms with Crippen molar-refractivity contribution in [3.8, 4) is 0 Å². The van der Waals surface area contributed by atoms with Gasteiger partial charge in [0, 0.05) is 20.8 Å². The van der Waals surface area contributed by atoms with Crippen molar-refractivity contribution < 1.29 is 8.78 Å². The number of benzene rings is 1. The summed E-state index contributed by atoms with van der Waals surface area (Å²) in [4.78, 5) is 5.28. The molecule has 0 saturated carbocycles. The standard InChI is InChI=1S/C14H10BrClF2N2S/c1-7(16)14-19-13-11(18)3-9(17)4-12(13)20(14)5-10-2-8(15)6-21-10/h2-4,6-7H,5H2,1H3. The van der Waals surface area contributed by atoms with E-state index in [0.717, 1.165) is 15.4 Å². The van der Waals surface area contributed by atoms with E-state index in [9.17, 15) is 8.78 Å². The van der Waals surface area contributed by atoms with E-state index in [1.165, 1.54) is 6.07 Å². The van der Waals surface area contributed by atoms with Crippen LogP contribution in [0.1, 0.15) is 23.0 Å². The highest BCUT2D eigenvalue weighted by molar-refractivity contribution is 9.10. The van der Waals surface area contributed by atoms with Crippen LogP contribution in [-0.4, -0.2) is 9.55 Å². The number of hydrogen-bond donors (Lipinski definition) is 0. The highest BCUT2D eigenvalue weighted by atomic mass is 79.9. The summed E-state index contributed by atoms with van der Waals surface area (Å²) in [6, 6.07) is 4.09. The summed E-state index contributed by atoms with van der Waals surface area (Å²) >= 11 is 11.1. The molecule has 0 spiro atoms. The average Bonchev–Trinajstić information content (AvgIpc) is 2.95. The number of imidazole rings is 1. The fraction of sp³-hybridized carbons (Fsp3) is 0.214. The maximum atomic E-state index is 13.9. The molecule has 1 unspecified atom stereocenters. The lowest BCUT2D eigenvalue weighted by atomic mass is 10.3. The molecule has 1 aromatic carbocycles. The van der Waals surface area contributed by atoms with E-state index >= 15 is 0 Å². The summed E-state index contributed by atoms with van der Waals surface area (Å²) in [7, 11) is 0. The second-order valence-electron chi connectivity index (χ2n) is 4.66. The largest absolute Gasteiger partial charge is 0.321 e. The predicted octanol–water partition coefficient (Wildman–Crippen LogP) is 5.49. The number of fused-ring (bicyclic) bond motifs is 1. The molecule has 2 heterocycles. The molecule has 0 saturated heterocycles. The Labute approximate surface area is 137 Å². The minimum Gasteiger partial charge on any atom is -0.321 e. The van der Waals surface area contributed by atoms with Crippen molar-refractivity contribution in [1.82, 2.24) is 9.55 Å². The van der Waals surface area contributed by atoms with Gasteiger partial charge in [0.2, 0.25) is 0 Å². The van der Waals surface area contributed by atoms with Gasteiger partial charge in [-0.05, 0) is 35.0 Å². The van der Waals surface area contributed by atoms with E-state index in [2.05, 4.69) is 20.9 Å².